The van der Waals surface area contributed by atoms with Crippen molar-refractivity contribution in [1.82, 2.24) is 9.55 Å². The number of carbonyl (C=O) groups excluding carboxylic acids is 1. The van der Waals surface area contributed by atoms with Crippen molar-refractivity contribution in [1.29, 1.82) is 0 Å². The number of amides is 1. The molecule has 0 spiro atoms. The smallest absolute Gasteiger partial charge is 0.276 e. The predicted octanol–water partition coefficient (Wildman–Crippen LogP) is 2.35. The van der Waals surface area contributed by atoms with E-state index in [1.165, 1.54) is 4.57 Å². The zero-order valence-corrected chi connectivity index (χ0v) is 13.8. The Labute approximate surface area is 148 Å². The van der Waals surface area contributed by atoms with Crippen molar-refractivity contribution >= 4 is 34.2 Å². The molecule has 26 heavy (non-hydrogen) atoms. The van der Waals surface area contributed by atoms with Crippen LogP contribution in [0.15, 0.2) is 71.1 Å². The first kappa shape index (κ1) is 15.8. The third kappa shape index (κ3) is 2.55. The van der Waals surface area contributed by atoms with Crippen LogP contribution in [0.2, 0.25) is 0 Å². The number of allylic oxidation sites excluding steroid dienone is 1. The van der Waals surface area contributed by atoms with E-state index in [1.54, 1.807) is 36.4 Å². The Morgan fingerprint density at radius 3 is 2.77 bits per heavy atom. The number of hydrazone groups is 1. The van der Waals surface area contributed by atoms with Crippen LogP contribution in [0.3, 0.4) is 0 Å². The molecule has 1 aliphatic rings. The van der Waals surface area contributed by atoms with Gasteiger partial charge < -0.3 is 5.32 Å². The van der Waals surface area contributed by atoms with Gasteiger partial charge in [0, 0.05) is 12.1 Å². The highest BCUT2D eigenvalue weighted by Crippen LogP contribution is 2.22. The largest absolute Gasteiger partial charge is 0.320 e. The molecule has 0 fully saturated rings. The van der Waals surface area contributed by atoms with Gasteiger partial charge in [0.1, 0.15) is 0 Å². The van der Waals surface area contributed by atoms with E-state index in [9.17, 15) is 9.59 Å². The van der Waals surface area contributed by atoms with E-state index < -0.39 is 0 Å². The first-order valence-corrected chi connectivity index (χ1v) is 8.04. The standard InChI is InChI=1S/C19H15N5O2/c1-2-11-24-18(26)13-8-4-6-10-15(13)21-19(24)23-22-16-12-7-3-5-9-14(12)20-17(16)25/h2-10H,1,11H2,(H,21,23)(H,20,22,25). The van der Waals surface area contributed by atoms with Crippen molar-refractivity contribution in [2.45, 2.75) is 6.54 Å². The van der Waals surface area contributed by atoms with E-state index in [0.29, 0.717) is 22.2 Å². The van der Waals surface area contributed by atoms with Crippen LogP contribution in [0.5, 0.6) is 0 Å². The van der Waals surface area contributed by atoms with Crippen molar-refractivity contribution in [3.8, 4) is 0 Å². The summed E-state index contributed by atoms with van der Waals surface area (Å²) in [5.41, 5.74) is 4.77. The van der Waals surface area contributed by atoms with Crippen LogP contribution in [-0.2, 0) is 11.3 Å². The van der Waals surface area contributed by atoms with Gasteiger partial charge >= 0.3 is 0 Å². The Kier molecular flexibility index (Phi) is 3.81. The lowest BCUT2D eigenvalue weighted by atomic mass is 10.1. The maximum atomic E-state index is 12.7. The summed E-state index contributed by atoms with van der Waals surface area (Å²) in [6.07, 6.45) is 1.60. The van der Waals surface area contributed by atoms with E-state index in [4.69, 9.17) is 0 Å². The van der Waals surface area contributed by atoms with Crippen LogP contribution in [0.4, 0.5) is 11.6 Å². The lowest BCUT2D eigenvalue weighted by Crippen LogP contribution is -2.24. The Hall–Kier alpha value is -3.74. The lowest BCUT2D eigenvalue weighted by Gasteiger charge is -2.11. The van der Waals surface area contributed by atoms with Gasteiger partial charge in [-0.2, -0.15) is 5.10 Å². The van der Waals surface area contributed by atoms with Crippen LogP contribution >= 0.6 is 0 Å². The summed E-state index contributed by atoms with van der Waals surface area (Å²) in [6.45, 7) is 3.95. The number of fused-ring (bicyclic) bond motifs is 2. The summed E-state index contributed by atoms with van der Waals surface area (Å²) in [4.78, 5) is 29.3. The van der Waals surface area contributed by atoms with E-state index in [0.717, 1.165) is 0 Å². The number of hydrogen-bond acceptors (Lipinski definition) is 5. The van der Waals surface area contributed by atoms with Gasteiger partial charge in [0.05, 0.1) is 16.6 Å². The van der Waals surface area contributed by atoms with E-state index in [-0.39, 0.29) is 29.7 Å². The normalized spacial score (nSPS) is 14.3. The molecule has 2 N–H and O–H groups in total. The number of aromatic nitrogens is 2. The molecular formula is C19H15N5O2. The van der Waals surface area contributed by atoms with Gasteiger partial charge in [0.25, 0.3) is 11.5 Å². The van der Waals surface area contributed by atoms with Crippen molar-refractivity contribution in [2.24, 2.45) is 5.10 Å². The number of benzene rings is 2. The first-order valence-electron chi connectivity index (χ1n) is 8.04. The van der Waals surface area contributed by atoms with Gasteiger partial charge in [0.15, 0.2) is 5.71 Å². The summed E-state index contributed by atoms with van der Waals surface area (Å²) >= 11 is 0. The molecular weight excluding hydrogens is 330 g/mol. The molecule has 4 rings (SSSR count). The fourth-order valence-corrected chi connectivity index (χ4v) is 2.87. The monoisotopic (exact) mass is 345 g/mol. The number of nitrogens with zero attached hydrogens (tertiary/aromatic N) is 3. The van der Waals surface area contributed by atoms with E-state index in [2.05, 4.69) is 27.4 Å². The molecule has 0 saturated heterocycles. The van der Waals surface area contributed by atoms with Crippen molar-refractivity contribution in [2.75, 3.05) is 10.7 Å². The minimum atomic E-state index is -0.308. The molecule has 2 heterocycles. The van der Waals surface area contributed by atoms with Gasteiger partial charge in [-0.05, 0) is 18.2 Å². The number of carbonyl (C=O) groups is 1. The molecule has 0 aliphatic carbocycles. The minimum absolute atomic E-state index is 0.200. The summed E-state index contributed by atoms with van der Waals surface area (Å²) in [5, 5.41) is 7.47. The van der Waals surface area contributed by atoms with Crippen molar-refractivity contribution in [3.63, 3.8) is 0 Å². The molecule has 0 atom stereocenters. The molecule has 0 radical (unpaired) electrons. The van der Waals surface area contributed by atoms with Gasteiger partial charge in [-0.15, -0.1) is 6.58 Å². The summed E-state index contributed by atoms with van der Waals surface area (Å²) in [7, 11) is 0. The highest BCUT2D eigenvalue weighted by molar-refractivity contribution is 6.53. The Bertz CT molecular complexity index is 1130. The highest BCUT2D eigenvalue weighted by Gasteiger charge is 2.25. The molecule has 1 aliphatic heterocycles. The number of rotatable bonds is 4. The number of anilines is 2. The van der Waals surface area contributed by atoms with Crippen LogP contribution < -0.4 is 16.3 Å². The molecule has 3 aromatic rings. The Morgan fingerprint density at radius 1 is 1.15 bits per heavy atom. The zero-order valence-electron chi connectivity index (χ0n) is 13.8. The molecule has 0 bridgehead atoms. The predicted molar refractivity (Wildman–Crippen MR) is 101 cm³/mol. The average molecular weight is 345 g/mol. The fraction of sp³-hybridized carbons (Fsp3) is 0.0526. The second-order valence-corrected chi connectivity index (χ2v) is 5.73. The topological polar surface area (TPSA) is 88.4 Å². The quantitative estimate of drug-likeness (QED) is 0.561. The van der Waals surface area contributed by atoms with Crippen LogP contribution in [0.1, 0.15) is 5.56 Å². The van der Waals surface area contributed by atoms with Gasteiger partial charge in [0.2, 0.25) is 5.95 Å². The first-order chi connectivity index (χ1) is 12.7. The van der Waals surface area contributed by atoms with Gasteiger partial charge in [-0.25, -0.2) is 10.4 Å². The third-order valence-electron chi connectivity index (χ3n) is 4.09. The Balaban J connectivity index is 1.80. The molecule has 128 valence electrons. The Morgan fingerprint density at radius 2 is 1.92 bits per heavy atom. The van der Waals surface area contributed by atoms with E-state index >= 15 is 0 Å². The number of hydrogen-bond donors (Lipinski definition) is 2. The van der Waals surface area contributed by atoms with Crippen LogP contribution in [0.25, 0.3) is 10.9 Å². The van der Waals surface area contributed by atoms with Crippen LogP contribution in [0, 0.1) is 0 Å². The van der Waals surface area contributed by atoms with Gasteiger partial charge in [-0.3, -0.25) is 14.2 Å². The second kappa shape index (κ2) is 6.29. The van der Waals surface area contributed by atoms with Gasteiger partial charge in [-0.1, -0.05) is 36.4 Å². The summed E-state index contributed by atoms with van der Waals surface area (Å²) < 4.78 is 1.43. The third-order valence-corrected chi connectivity index (χ3v) is 4.09. The summed E-state index contributed by atoms with van der Waals surface area (Å²) in [6, 6.07) is 14.3. The summed E-state index contributed by atoms with van der Waals surface area (Å²) in [5.74, 6) is -0.0598. The van der Waals surface area contributed by atoms with Crippen molar-refractivity contribution < 1.29 is 4.79 Å². The average Bonchev–Trinajstić information content (AvgIpc) is 2.98. The molecule has 0 saturated carbocycles. The molecule has 1 amide bonds. The fourth-order valence-electron chi connectivity index (χ4n) is 2.87. The van der Waals surface area contributed by atoms with Crippen LogP contribution in [-0.4, -0.2) is 21.2 Å². The SMILES string of the molecule is C=CCn1c(N/N=C2/C(=O)Nc3ccccc32)nc2ccccc2c1=O. The van der Waals surface area contributed by atoms with Crippen molar-refractivity contribution in [3.05, 3.63) is 77.1 Å². The highest BCUT2D eigenvalue weighted by atomic mass is 16.2. The lowest BCUT2D eigenvalue weighted by molar-refractivity contribution is -0.110. The maximum Gasteiger partial charge on any atom is 0.276 e. The molecule has 1 aromatic heterocycles. The number of para-hydroxylation sites is 2. The minimum Gasteiger partial charge on any atom is -0.320 e. The zero-order chi connectivity index (χ0) is 18.1. The second-order valence-electron chi connectivity index (χ2n) is 5.73. The molecule has 7 heteroatoms. The van der Waals surface area contributed by atoms with E-state index in [1.807, 2.05) is 18.2 Å². The maximum absolute atomic E-state index is 12.7. The number of nitrogens with one attached hydrogen (secondary N) is 2. The molecule has 7 nitrogen and oxygen atoms in total. The molecule has 2 aromatic carbocycles. The molecule has 0 unspecified atom stereocenters.